The number of halogens is 3. The zero-order valence-electron chi connectivity index (χ0n) is 8.62. The molecule has 0 aliphatic heterocycles. The summed E-state index contributed by atoms with van der Waals surface area (Å²) in [6, 6.07) is 2.58. The standard InChI is InChI=1S/C10H9Cl3O3S/c11-7-4-10(17(13,14)15)8(12)3-9(7)16-5-6-1-2-6/h3-4,6H,1-2,5H2. The monoisotopic (exact) mass is 314 g/mol. The SMILES string of the molecule is O=S(=O)(Cl)c1cc(Cl)c(OCC2CC2)cc1Cl. The fourth-order valence-electron chi connectivity index (χ4n) is 1.30. The second-order valence-electron chi connectivity index (χ2n) is 3.91. The summed E-state index contributed by atoms with van der Waals surface area (Å²) in [5, 5.41) is 0.199. The highest BCUT2D eigenvalue weighted by Gasteiger charge is 2.23. The summed E-state index contributed by atoms with van der Waals surface area (Å²) < 4.78 is 27.8. The average molecular weight is 316 g/mol. The van der Waals surface area contributed by atoms with Crippen molar-refractivity contribution in [1.82, 2.24) is 0 Å². The summed E-state index contributed by atoms with van der Waals surface area (Å²) in [4.78, 5) is -0.204. The van der Waals surface area contributed by atoms with Gasteiger partial charge in [0.2, 0.25) is 0 Å². The molecule has 2 rings (SSSR count). The maximum absolute atomic E-state index is 11.2. The number of hydrogen-bond donors (Lipinski definition) is 0. The van der Waals surface area contributed by atoms with E-state index in [-0.39, 0.29) is 14.9 Å². The minimum atomic E-state index is -3.89. The molecule has 0 radical (unpaired) electrons. The Morgan fingerprint density at radius 2 is 1.88 bits per heavy atom. The summed E-state index contributed by atoms with van der Waals surface area (Å²) in [6.45, 7) is 0.572. The van der Waals surface area contributed by atoms with Gasteiger partial charge < -0.3 is 4.74 Å². The molecule has 0 amide bonds. The van der Waals surface area contributed by atoms with Crippen molar-refractivity contribution in [1.29, 1.82) is 0 Å². The van der Waals surface area contributed by atoms with Crippen LogP contribution in [0.3, 0.4) is 0 Å². The van der Waals surface area contributed by atoms with Gasteiger partial charge >= 0.3 is 0 Å². The molecular formula is C10H9Cl3O3S. The summed E-state index contributed by atoms with van der Waals surface area (Å²) >= 11 is 11.7. The quantitative estimate of drug-likeness (QED) is 0.796. The van der Waals surface area contributed by atoms with Crippen LogP contribution in [0.4, 0.5) is 0 Å². The minimum Gasteiger partial charge on any atom is -0.492 e. The molecule has 0 saturated heterocycles. The van der Waals surface area contributed by atoms with Crippen LogP contribution in [-0.4, -0.2) is 15.0 Å². The highest BCUT2D eigenvalue weighted by Crippen LogP contribution is 2.36. The molecule has 0 N–H and O–H groups in total. The smallest absolute Gasteiger partial charge is 0.262 e. The lowest BCUT2D eigenvalue weighted by atomic mass is 10.3. The summed E-state index contributed by atoms with van der Waals surface area (Å²) in [6.07, 6.45) is 2.30. The number of benzene rings is 1. The maximum atomic E-state index is 11.2. The van der Waals surface area contributed by atoms with Crippen LogP contribution < -0.4 is 4.74 Å². The molecule has 0 bridgehead atoms. The van der Waals surface area contributed by atoms with E-state index in [9.17, 15) is 8.42 Å². The number of hydrogen-bond acceptors (Lipinski definition) is 3. The van der Waals surface area contributed by atoms with Crippen molar-refractivity contribution in [2.45, 2.75) is 17.7 Å². The Bertz CT molecular complexity index is 538. The van der Waals surface area contributed by atoms with Gasteiger partial charge in [0.25, 0.3) is 9.05 Å². The van der Waals surface area contributed by atoms with Crippen LogP contribution in [0.25, 0.3) is 0 Å². The van der Waals surface area contributed by atoms with E-state index in [1.165, 1.54) is 12.1 Å². The molecule has 17 heavy (non-hydrogen) atoms. The highest BCUT2D eigenvalue weighted by molar-refractivity contribution is 8.13. The molecule has 1 aliphatic rings. The summed E-state index contributed by atoms with van der Waals surface area (Å²) in [5.74, 6) is 0.953. The predicted molar refractivity (Wildman–Crippen MR) is 67.7 cm³/mol. The van der Waals surface area contributed by atoms with Crippen molar-refractivity contribution in [3.05, 3.63) is 22.2 Å². The molecular weight excluding hydrogens is 307 g/mol. The van der Waals surface area contributed by atoms with Gasteiger partial charge in [-0.25, -0.2) is 8.42 Å². The zero-order valence-corrected chi connectivity index (χ0v) is 11.7. The molecule has 94 valence electrons. The van der Waals surface area contributed by atoms with Gasteiger partial charge in [0.1, 0.15) is 10.6 Å². The first-order chi connectivity index (χ1) is 7.88. The van der Waals surface area contributed by atoms with E-state index < -0.39 is 9.05 Å². The molecule has 1 saturated carbocycles. The summed E-state index contributed by atoms with van der Waals surface area (Å²) in [7, 11) is 1.32. The zero-order chi connectivity index (χ0) is 12.6. The van der Waals surface area contributed by atoms with E-state index in [2.05, 4.69) is 0 Å². The fraction of sp³-hybridized carbons (Fsp3) is 0.400. The van der Waals surface area contributed by atoms with Crippen molar-refractivity contribution in [3.63, 3.8) is 0 Å². The molecule has 0 aromatic heterocycles. The van der Waals surface area contributed by atoms with E-state index in [1.807, 2.05) is 0 Å². The lowest BCUT2D eigenvalue weighted by Crippen LogP contribution is -2.01. The van der Waals surface area contributed by atoms with E-state index >= 15 is 0 Å². The Balaban J connectivity index is 2.27. The van der Waals surface area contributed by atoms with Gasteiger partial charge in [-0.15, -0.1) is 0 Å². The predicted octanol–water partition coefficient (Wildman–Crippen LogP) is 3.71. The Morgan fingerprint density at radius 1 is 1.24 bits per heavy atom. The molecule has 7 heteroatoms. The normalized spacial score (nSPS) is 15.9. The van der Waals surface area contributed by atoms with Gasteiger partial charge in [-0.3, -0.25) is 0 Å². The molecule has 1 aromatic carbocycles. The lowest BCUT2D eigenvalue weighted by molar-refractivity contribution is 0.300. The van der Waals surface area contributed by atoms with E-state index in [0.717, 1.165) is 12.8 Å². The number of rotatable bonds is 4. The molecule has 1 aromatic rings. The lowest BCUT2D eigenvalue weighted by Gasteiger charge is -2.09. The minimum absolute atomic E-state index is 0.00944. The van der Waals surface area contributed by atoms with Gasteiger partial charge in [-0.1, -0.05) is 23.2 Å². The largest absolute Gasteiger partial charge is 0.492 e. The molecule has 0 heterocycles. The highest BCUT2D eigenvalue weighted by atomic mass is 35.7. The van der Waals surface area contributed by atoms with Crippen molar-refractivity contribution in [3.8, 4) is 5.75 Å². The second-order valence-corrected chi connectivity index (χ2v) is 7.25. The number of ether oxygens (including phenoxy) is 1. The topological polar surface area (TPSA) is 43.4 Å². The van der Waals surface area contributed by atoms with Crippen molar-refractivity contribution >= 4 is 42.9 Å². The van der Waals surface area contributed by atoms with Gasteiger partial charge in [0.15, 0.2) is 0 Å². The van der Waals surface area contributed by atoms with Gasteiger partial charge in [0, 0.05) is 16.7 Å². The first-order valence-corrected chi connectivity index (χ1v) is 8.01. The first kappa shape index (κ1) is 13.3. The van der Waals surface area contributed by atoms with E-state index in [4.69, 9.17) is 38.6 Å². The van der Waals surface area contributed by atoms with Crippen molar-refractivity contribution < 1.29 is 13.2 Å². The van der Waals surface area contributed by atoms with Crippen LogP contribution >= 0.6 is 33.9 Å². The first-order valence-electron chi connectivity index (χ1n) is 4.94. The third-order valence-electron chi connectivity index (χ3n) is 2.42. The van der Waals surface area contributed by atoms with Crippen LogP contribution in [-0.2, 0) is 9.05 Å². The van der Waals surface area contributed by atoms with Crippen LogP contribution in [0.1, 0.15) is 12.8 Å². The molecule has 0 atom stereocenters. The van der Waals surface area contributed by atoms with Crippen LogP contribution in [0.5, 0.6) is 5.75 Å². The molecule has 0 unspecified atom stereocenters. The Morgan fingerprint density at radius 3 is 2.41 bits per heavy atom. The van der Waals surface area contributed by atoms with Gasteiger partial charge in [-0.2, -0.15) is 0 Å². The van der Waals surface area contributed by atoms with E-state index in [0.29, 0.717) is 18.3 Å². The molecule has 0 spiro atoms. The maximum Gasteiger partial charge on any atom is 0.262 e. The van der Waals surface area contributed by atoms with Crippen LogP contribution in [0.15, 0.2) is 17.0 Å². The van der Waals surface area contributed by atoms with Crippen molar-refractivity contribution in [2.24, 2.45) is 5.92 Å². The fourth-order valence-corrected chi connectivity index (χ4v) is 3.09. The van der Waals surface area contributed by atoms with Crippen LogP contribution in [0.2, 0.25) is 10.0 Å². The Hall–Kier alpha value is -0.160. The second kappa shape index (κ2) is 4.84. The molecule has 3 nitrogen and oxygen atoms in total. The van der Waals surface area contributed by atoms with Crippen molar-refractivity contribution in [2.75, 3.05) is 6.61 Å². The summed E-state index contributed by atoms with van der Waals surface area (Å²) in [5.41, 5.74) is 0. The van der Waals surface area contributed by atoms with E-state index in [1.54, 1.807) is 0 Å². The van der Waals surface area contributed by atoms with Gasteiger partial charge in [0.05, 0.1) is 16.7 Å². The third-order valence-corrected chi connectivity index (χ3v) is 4.50. The van der Waals surface area contributed by atoms with Crippen LogP contribution in [0, 0.1) is 5.92 Å². The molecule has 1 fully saturated rings. The Kier molecular flexibility index (Phi) is 3.78. The average Bonchev–Trinajstić information content (AvgIpc) is 3.00. The third kappa shape index (κ3) is 3.41. The molecule has 1 aliphatic carbocycles. The Labute approximate surface area is 114 Å². The van der Waals surface area contributed by atoms with Gasteiger partial charge in [-0.05, 0) is 24.8 Å².